The van der Waals surface area contributed by atoms with Gasteiger partial charge in [0.05, 0.1) is 26.0 Å². The Hall–Kier alpha value is -3.53. The van der Waals surface area contributed by atoms with Crippen LogP contribution in [0.4, 0.5) is 5.69 Å². The van der Waals surface area contributed by atoms with Gasteiger partial charge < -0.3 is 14.8 Å². The molecule has 3 N–H and O–H groups in total. The second-order valence-corrected chi connectivity index (χ2v) is 7.60. The van der Waals surface area contributed by atoms with Crippen LogP contribution in [-0.4, -0.2) is 38.7 Å². The zero-order chi connectivity index (χ0) is 20.9. The average molecular weight is 416 g/mol. The van der Waals surface area contributed by atoms with Gasteiger partial charge >= 0.3 is 0 Å². The van der Waals surface area contributed by atoms with Crippen LogP contribution in [-0.2, 0) is 16.6 Å². The van der Waals surface area contributed by atoms with E-state index in [1.807, 2.05) is 6.07 Å². The van der Waals surface area contributed by atoms with Gasteiger partial charge in [0.25, 0.3) is 15.9 Å². The number of H-pyrrole nitrogens is 1. The summed E-state index contributed by atoms with van der Waals surface area (Å²) in [5, 5.41) is 8.45. The SMILES string of the molecule is COc1ccc(NS(=O)(=O)c2[nH]ncc2C(=O)NCc2cccc(OC)c2)cc1. The van der Waals surface area contributed by atoms with Gasteiger partial charge in [-0.3, -0.25) is 14.6 Å². The van der Waals surface area contributed by atoms with Crippen LogP contribution in [0.5, 0.6) is 11.5 Å². The fraction of sp³-hybridized carbons (Fsp3) is 0.158. The monoisotopic (exact) mass is 416 g/mol. The lowest BCUT2D eigenvalue weighted by atomic mass is 10.2. The number of methoxy groups -OCH3 is 2. The number of amides is 1. The molecule has 1 aromatic heterocycles. The Morgan fingerprint density at radius 3 is 2.48 bits per heavy atom. The summed E-state index contributed by atoms with van der Waals surface area (Å²) >= 11 is 0. The number of carbonyl (C=O) groups excluding carboxylic acids is 1. The Bertz CT molecular complexity index is 1090. The third-order valence-corrected chi connectivity index (χ3v) is 5.40. The first-order valence-electron chi connectivity index (χ1n) is 8.54. The molecule has 0 aliphatic heterocycles. The van der Waals surface area contributed by atoms with E-state index in [0.29, 0.717) is 17.2 Å². The summed E-state index contributed by atoms with van der Waals surface area (Å²) in [6, 6.07) is 13.5. The lowest BCUT2D eigenvalue weighted by Gasteiger charge is -2.10. The molecule has 0 atom stereocenters. The molecule has 29 heavy (non-hydrogen) atoms. The number of aromatic amines is 1. The maximum absolute atomic E-state index is 12.7. The first-order chi connectivity index (χ1) is 13.9. The van der Waals surface area contributed by atoms with Gasteiger partial charge in [-0.15, -0.1) is 0 Å². The largest absolute Gasteiger partial charge is 0.497 e. The summed E-state index contributed by atoms with van der Waals surface area (Å²) in [6.07, 6.45) is 1.17. The Balaban J connectivity index is 1.73. The summed E-state index contributed by atoms with van der Waals surface area (Å²) in [5.41, 5.74) is 1.04. The van der Waals surface area contributed by atoms with Crippen molar-refractivity contribution in [3.8, 4) is 11.5 Å². The molecule has 1 amide bonds. The minimum atomic E-state index is -4.05. The highest BCUT2D eigenvalue weighted by atomic mass is 32.2. The third-order valence-electron chi connectivity index (χ3n) is 4.05. The number of anilines is 1. The molecule has 0 bridgehead atoms. The summed E-state index contributed by atoms with van der Waals surface area (Å²) < 4.78 is 38.0. The molecule has 1 heterocycles. The van der Waals surface area contributed by atoms with Crippen LogP contribution < -0.4 is 19.5 Å². The Morgan fingerprint density at radius 2 is 1.79 bits per heavy atom. The van der Waals surface area contributed by atoms with E-state index in [-0.39, 0.29) is 17.1 Å². The molecule has 0 saturated heterocycles. The first kappa shape index (κ1) is 20.2. The maximum atomic E-state index is 12.7. The van der Waals surface area contributed by atoms with Gasteiger partial charge in [0.2, 0.25) is 0 Å². The molecule has 0 spiro atoms. The van der Waals surface area contributed by atoms with E-state index in [1.54, 1.807) is 49.6 Å². The third kappa shape index (κ3) is 4.85. The number of aromatic nitrogens is 2. The molecule has 0 unspecified atom stereocenters. The van der Waals surface area contributed by atoms with Crippen molar-refractivity contribution >= 4 is 21.6 Å². The van der Waals surface area contributed by atoms with Crippen molar-refractivity contribution in [3.63, 3.8) is 0 Å². The molecule has 0 aliphatic carbocycles. The highest BCUT2D eigenvalue weighted by Gasteiger charge is 2.25. The molecule has 152 valence electrons. The predicted octanol–water partition coefficient (Wildman–Crippen LogP) is 2.16. The van der Waals surface area contributed by atoms with Gasteiger partial charge in [-0.2, -0.15) is 13.5 Å². The van der Waals surface area contributed by atoms with Crippen molar-refractivity contribution in [1.29, 1.82) is 0 Å². The molecule has 0 radical (unpaired) electrons. The lowest BCUT2D eigenvalue weighted by molar-refractivity contribution is 0.0947. The van der Waals surface area contributed by atoms with Crippen LogP contribution in [0.2, 0.25) is 0 Å². The highest BCUT2D eigenvalue weighted by Crippen LogP contribution is 2.20. The molecule has 9 nitrogen and oxygen atoms in total. The van der Waals surface area contributed by atoms with Crippen molar-refractivity contribution in [2.45, 2.75) is 11.6 Å². The van der Waals surface area contributed by atoms with Gasteiger partial charge in [-0.25, -0.2) is 0 Å². The molecule has 3 rings (SSSR count). The smallest absolute Gasteiger partial charge is 0.279 e. The van der Waals surface area contributed by atoms with E-state index in [9.17, 15) is 13.2 Å². The molecule has 0 saturated carbocycles. The van der Waals surface area contributed by atoms with Crippen molar-refractivity contribution < 1.29 is 22.7 Å². The van der Waals surface area contributed by atoms with E-state index < -0.39 is 15.9 Å². The van der Waals surface area contributed by atoms with Crippen LogP contribution in [0.1, 0.15) is 15.9 Å². The number of hydrogen-bond acceptors (Lipinski definition) is 6. The summed E-state index contributed by atoms with van der Waals surface area (Å²) in [4.78, 5) is 12.5. The topological polar surface area (TPSA) is 122 Å². The Morgan fingerprint density at radius 1 is 1.07 bits per heavy atom. The van der Waals surface area contributed by atoms with Crippen molar-refractivity contribution in [2.24, 2.45) is 0 Å². The number of carbonyl (C=O) groups is 1. The second-order valence-electron chi connectivity index (χ2n) is 5.98. The minimum absolute atomic E-state index is 0.0890. The normalized spacial score (nSPS) is 11.0. The molecule has 10 heteroatoms. The van der Waals surface area contributed by atoms with E-state index in [0.717, 1.165) is 5.56 Å². The zero-order valence-corrected chi connectivity index (χ0v) is 16.6. The van der Waals surface area contributed by atoms with E-state index in [4.69, 9.17) is 9.47 Å². The average Bonchev–Trinajstić information content (AvgIpc) is 3.24. The molecule has 0 aliphatic rings. The minimum Gasteiger partial charge on any atom is -0.497 e. The van der Waals surface area contributed by atoms with Crippen LogP contribution >= 0.6 is 0 Å². The summed E-state index contributed by atoms with van der Waals surface area (Å²) in [6.45, 7) is 0.201. The number of hydrogen-bond donors (Lipinski definition) is 3. The van der Waals surface area contributed by atoms with E-state index in [1.165, 1.54) is 13.3 Å². The maximum Gasteiger partial charge on any atom is 0.279 e. The molecular weight excluding hydrogens is 396 g/mol. The number of rotatable bonds is 8. The fourth-order valence-electron chi connectivity index (χ4n) is 2.57. The van der Waals surface area contributed by atoms with E-state index in [2.05, 4.69) is 20.2 Å². The summed E-state index contributed by atoms with van der Waals surface area (Å²) in [5.74, 6) is 0.677. The number of sulfonamides is 1. The van der Waals surface area contributed by atoms with Crippen molar-refractivity contribution in [2.75, 3.05) is 18.9 Å². The standard InChI is InChI=1S/C19H20N4O5S/c1-27-15-8-6-14(7-9-15)23-29(25,26)19-17(12-21-22-19)18(24)20-11-13-4-3-5-16(10-13)28-2/h3-10,12,23H,11H2,1-2H3,(H,20,24)(H,21,22). The molecule has 3 aromatic rings. The second kappa shape index (κ2) is 8.65. The van der Waals surface area contributed by atoms with Gasteiger partial charge in [-0.05, 0) is 42.0 Å². The first-order valence-corrected chi connectivity index (χ1v) is 10.0. The summed E-state index contributed by atoms with van der Waals surface area (Å²) in [7, 11) is -0.983. The van der Waals surface area contributed by atoms with E-state index >= 15 is 0 Å². The van der Waals surface area contributed by atoms with Gasteiger partial charge in [0.15, 0.2) is 5.03 Å². The van der Waals surface area contributed by atoms with Crippen LogP contribution in [0, 0.1) is 0 Å². The van der Waals surface area contributed by atoms with Crippen molar-refractivity contribution in [3.05, 3.63) is 65.9 Å². The van der Waals surface area contributed by atoms with Crippen LogP contribution in [0.25, 0.3) is 0 Å². The van der Waals surface area contributed by atoms with Crippen LogP contribution in [0.15, 0.2) is 59.8 Å². The number of benzene rings is 2. The lowest BCUT2D eigenvalue weighted by Crippen LogP contribution is -2.25. The van der Waals surface area contributed by atoms with Crippen molar-refractivity contribution in [1.82, 2.24) is 15.5 Å². The van der Waals surface area contributed by atoms with Gasteiger partial charge in [0.1, 0.15) is 11.5 Å². The van der Waals surface area contributed by atoms with Gasteiger partial charge in [-0.1, -0.05) is 12.1 Å². The zero-order valence-electron chi connectivity index (χ0n) is 15.8. The number of nitrogens with zero attached hydrogens (tertiary/aromatic N) is 1. The Kier molecular flexibility index (Phi) is 6.03. The molecule has 2 aromatic carbocycles. The quantitative estimate of drug-likeness (QED) is 0.517. The highest BCUT2D eigenvalue weighted by molar-refractivity contribution is 7.92. The van der Waals surface area contributed by atoms with Gasteiger partial charge in [0, 0.05) is 12.2 Å². The Labute approximate surface area is 168 Å². The molecule has 0 fully saturated rings. The predicted molar refractivity (Wildman–Crippen MR) is 107 cm³/mol. The number of nitrogens with one attached hydrogen (secondary N) is 3. The number of ether oxygens (including phenoxy) is 2. The molecular formula is C19H20N4O5S. The fourth-order valence-corrected chi connectivity index (χ4v) is 3.72. The van der Waals surface area contributed by atoms with Crippen LogP contribution in [0.3, 0.4) is 0 Å².